The molecule has 8 aromatic rings. The number of hydrogen-bond donors (Lipinski definition) is 0. The zero-order chi connectivity index (χ0) is 38.7. The monoisotopic (exact) mass is 775 g/mol. The van der Waals surface area contributed by atoms with Crippen molar-refractivity contribution in [3.8, 4) is 56.4 Å². The topological polar surface area (TPSA) is 21.7 Å². The Hall–Kier alpha value is -6.75. The van der Waals surface area contributed by atoms with Crippen LogP contribution in [0.4, 0.5) is 17.1 Å². The number of thioether (sulfide) groups is 1. The van der Waals surface area contributed by atoms with Crippen molar-refractivity contribution in [3.05, 3.63) is 216 Å². The van der Waals surface area contributed by atoms with E-state index in [1.54, 1.807) is 0 Å². The van der Waals surface area contributed by atoms with Gasteiger partial charge < -0.3 is 14.4 Å². The molecule has 2 atom stereocenters. The van der Waals surface area contributed by atoms with E-state index < -0.39 is 5.41 Å². The molecule has 8 aromatic carbocycles. The Balaban J connectivity index is 0.920. The minimum absolute atomic E-state index is 0.446. The van der Waals surface area contributed by atoms with Crippen molar-refractivity contribution in [2.24, 2.45) is 0 Å². The van der Waals surface area contributed by atoms with E-state index in [0.29, 0.717) is 22.7 Å². The van der Waals surface area contributed by atoms with Crippen LogP contribution in [0.2, 0.25) is 0 Å². The molecule has 59 heavy (non-hydrogen) atoms. The van der Waals surface area contributed by atoms with E-state index in [0.717, 1.165) is 28.6 Å². The van der Waals surface area contributed by atoms with Crippen molar-refractivity contribution in [3.63, 3.8) is 0 Å². The lowest BCUT2D eigenvalue weighted by atomic mass is 9.70. The second kappa shape index (κ2) is 12.6. The molecule has 0 saturated heterocycles. The van der Waals surface area contributed by atoms with E-state index in [2.05, 4.69) is 193 Å². The number of fused-ring (bicyclic) bond motifs is 15. The van der Waals surface area contributed by atoms with Crippen molar-refractivity contribution in [1.29, 1.82) is 0 Å². The molecule has 0 aromatic heterocycles. The summed E-state index contributed by atoms with van der Waals surface area (Å²) in [7, 11) is 0. The Morgan fingerprint density at radius 3 is 1.88 bits per heavy atom. The van der Waals surface area contributed by atoms with E-state index in [-0.39, 0.29) is 0 Å². The molecule has 5 aliphatic rings. The fourth-order valence-electron chi connectivity index (χ4n) is 10.7. The summed E-state index contributed by atoms with van der Waals surface area (Å²) >= 11 is 2.02. The van der Waals surface area contributed by atoms with Gasteiger partial charge in [0.15, 0.2) is 23.0 Å². The first-order valence-electron chi connectivity index (χ1n) is 20.6. The Kier molecular flexibility index (Phi) is 7.11. The number of anilines is 3. The summed E-state index contributed by atoms with van der Waals surface area (Å²) in [4.78, 5) is 3.75. The average Bonchev–Trinajstić information content (AvgIpc) is 3.92. The molecular weight excluding hydrogens is 739 g/mol. The first-order valence-corrected chi connectivity index (χ1v) is 21.5. The van der Waals surface area contributed by atoms with Gasteiger partial charge in [0.2, 0.25) is 0 Å². The molecule has 0 fully saturated rings. The second-order valence-corrected chi connectivity index (χ2v) is 17.4. The first kappa shape index (κ1) is 33.2. The van der Waals surface area contributed by atoms with Crippen LogP contribution in [0.15, 0.2) is 193 Å². The number of hydrogen-bond acceptors (Lipinski definition) is 4. The van der Waals surface area contributed by atoms with Gasteiger partial charge in [-0.3, -0.25) is 0 Å². The normalized spacial score (nSPS) is 17.6. The number of benzene rings is 8. The van der Waals surface area contributed by atoms with Crippen molar-refractivity contribution in [2.75, 3.05) is 4.90 Å². The highest BCUT2D eigenvalue weighted by Crippen LogP contribution is 2.65. The van der Waals surface area contributed by atoms with Crippen LogP contribution in [0.25, 0.3) is 33.4 Å². The fraction of sp³-hybridized carbons (Fsp3) is 0.0909. The predicted molar refractivity (Wildman–Crippen MR) is 240 cm³/mol. The van der Waals surface area contributed by atoms with E-state index in [1.165, 1.54) is 78.9 Å². The molecule has 2 unspecified atom stereocenters. The summed E-state index contributed by atoms with van der Waals surface area (Å²) in [5, 5.41) is 0.543. The fourth-order valence-corrected chi connectivity index (χ4v) is 12.2. The van der Waals surface area contributed by atoms with Gasteiger partial charge in [0.25, 0.3) is 0 Å². The van der Waals surface area contributed by atoms with E-state index >= 15 is 0 Å². The van der Waals surface area contributed by atoms with Crippen LogP contribution in [0.5, 0.6) is 23.0 Å². The minimum atomic E-state index is -0.446. The summed E-state index contributed by atoms with van der Waals surface area (Å²) in [6.45, 7) is 0. The van der Waals surface area contributed by atoms with Crippen molar-refractivity contribution >= 4 is 28.8 Å². The average molecular weight is 776 g/mol. The molecule has 3 aliphatic carbocycles. The van der Waals surface area contributed by atoms with Gasteiger partial charge in [-0.15, -0.1) is 11.8 Å². The van der Waals surface area contributed by atoms with Gasteiger partial charge in [-0.05, 0) is 117 Å². The molecule has 280 valence electrons. The molecule has 0 saturated carbocycles. The molecular formula is C55H37NO2S. The third kappa shape index (κ3) is 4.72. The Morgan fingerprint density at radius 1 is 0.492 bits per heavy atom. The molecule has 2 aliphatic heterocycles. The predicted octanol–water partition coefficient (Wildman–Crippen LogP) is 15.0. The van der Waals surface area contributed by atoms with Gasteiger partial charge in [0.05, 0.1) is 16.8 Å². The molecule has 0 N–H and O–H groups in total. The van der Waals surface area contributed by atoms with Crippen LogP contribution in [0, 0.1) is 0 Å². The van der Waals surface area contributed by atoms with Crippen LogP contribution in [-0.2, 0) is 5.41 Å². The van der Waals surface area contributed by atoms with Crippen LogP contribution in [0.3, 0.4) is 0 Å². The zero-order valence-corrected chi connectivity index (χ0v) is 33.0. The number of rotatable bonds is 4. The molecule has 1 spiro atoms. The Morgan fingerprint density at radius 2 is 1.12 bits per heavy atom. The van der Waals surface area contributed by atoms with Gasteiger partial charge in [0.1, 0.15) is 0 Å². The highest BCUT2D eigenvalue weighted by molar-refractivity contribution is 8.00. The van der Waals surface area contributed by atoms with Gasteiger partial charge >= 0.3 is 0 Å². The molecule has 0 amide bonds. The lowest BCUT2D eigenvalue weighted by Crippen LogP contribution is -2.25. The molecule has 2 heterocycles. The van der Waals surface area contributed by atoms with Crippen LogP contribution in [-0.4, -0.2) is 5.25 Å². The second-order valence-electron chi connectivity index (χ2n) is 16.2. The van der Waals surface area contributed by atoms with Crippen molar-refractivity contribution in [2.45, 2.75) is 34.3 Å². The summed E-state index contributed by atoms with van der Waals surface area (Å²) < 4.78 is 13.8. The maximum atomic E-state index is 6.92. The van der Waals surface area contributed by atoms with Gasteiger partial charge in [0, 0.05) is 33.4 Å². The third-order valence-corrected chi connectivity index (χ3v) is 14.6. The SMILES string of the molecule is C1=CC2Sc3cc(-c4ccccc4N(c4ccccc4)c4ccc5c(c4)Oc4cc6c(cc4O5)C4(c5ccccc5-c5ccccc54)c4ccccc4-6)ccc3C2CC1. The maximum absolute atomic E-state index is 6.92. The molecule has 13 rings (SSSR count). The van der Waals surface area contributed by atoms with Gasteiger partial charge in [-0.1, -0.05) is 133 Å². The van der Waals surface area contributed by atoms with Crippen LogP contribution < -0.4 is 14.4 Å². The number of para-hydroxylation sites is 2. The standard InChI is InChI=1S/C55H37NO2S/c1-2-14-35(15-3-1)56(48-24-12-7-16-37(48)34-26-28-42-41-20-8-13-25-53(41)59-54(42)30-34)36-27-29-49-50(31-36)58-51-32-43-40-19-6-11-23-46(40)55(47(43)33-52(51)57-49)44-21-9-4-17-38(44)39-18-5-10-22-45(39)55/h1-7,9-19,21-33,41,53H,8,20H2. The third-order valence-electron chi connectivity index (χ3n) is 13.2. The van der Waals surface area contributed by atoms with E-state index in [1.807, 2.05) is 11.8 Å². The van der Waals surface area contributed by atoms with Gasteiger partial charge in [-0.2, -0.15) is 0 Å². The number of nitrogens with zero attached hydrogens (tertiary/aromatic N) is 1. The summed E-state index contributed by atoms with van der Waals surface area (Å²) in [5.41, 5.74) is 16.7. The lowest BCUT2D eigenvalue weighted by Gasteiger charge is -2.31. The molecule has 0 bridgehead atoms. The highest BCUT2D eigenvalue weighted by atomic mass is 32.2. The first-order chi connectivity index (χ1) is 29.2. The Bertz CT molecular complexity index is 3030. The van der Waals surface area contributed by atoms with Crippen LogP contribution >= 0.6 is 11.8 Å². The van der Waals surface area contributed by atoms with E-state index in [9.17, 15) is 0 Å². The van der Waals surface area contributed by atoms with Crippen LogP contribution in [0.1, 0.15) is 46.6 Å². The number of allylic oxidation sites excluding steroid dienone is 1. The summed E-state index contributed by atoms with van der Waals surface area (Å²) in [6.07, 6.45) is 7.17. The largest absolute Gasteiger partial charge is 0.449 e. The summed E-state index contributed by atoms with van der Waals surface area (Å²) in [6, 6.07) is 64.0. The maximum Gasteiger partial charge on any atom is 0.172 e. The van der Waals surface area contributed by atoms with Crippen molar-refractivity contribution < 1.29 is 9.47 Å². The molecule has 0 radical (unpaired) electrons. The van der Waals surface area contributed by atoms with E-state index in [4.69, 9.17) is 9.47 Å². The minimum Gasteiger partial charge on any atom is -0.449 e. The molecule has 3 nitrogen and oxygen atoms in total. The molecule has 4 heteroatoms. The smallest absolute Gasteiger partial charge is 0.172 e. The zero-order valence-electron chi connectivity index (χ0n) is 32.1. The van der Waals surface area contributed by atoms with Gasteiger partial charge in [-0.25, -0.2) is 0 Å². The number of ether oxygens (including phenoxy) is 2. The summed E-state index contributed by atoms with van der Waals surface area (Å²) in [5.74, 6) is 3.45. The quantitative estimate of drug-likeness (QED) is 0.166. The highest BCUT2D eigenvalue weighted by Gasteiger charge is 2.52. The van der Waals surface area contributed by atoms with Crippen molar-refractivity contribution in [1.82, 2.24) is 0 Å². The lowest BCUT2D eigenvalue weighted by molar-refractivity contribution is 0.359. The Labute approximate surface area is 348 Å².